The number of fused-ring (bicyclic) bond motifs is 2. The average Bonchev–Trinajstić information content (AvgIpc) is 3.38. The van der Waals surface area contributed by atoms with Crippen molar-refractivity contribution in [2.75, 3.05) is 51.3 Å². The summed E-state index contributed by atoms with van der Waals surface area (Å²) in [7, 11) is 1.74. The molecule has 4 aromatic rings. The number of hydrogen-bond acceptors (Lipinski definition) is 7. The Labute approximate surface area is 162 Å². The molecule has 28 heavy (non-hydrogen) atoms. The lowest BCUT2D eigenvalue weighted by molar-refractivity contribution is 0.144. The second-order valence-corrected chi connectivity index (χ2v) is 6.96. The van der Waals surface area contributed by atoms with E-state index in [1.165, 1.54) is 0 Å². The van der Waals surface area contributed by atoms with Crippen molar-refractivity contribution in [3.8, 4) is 5.69 Å². The van der Waals surface area contributed by atoms with Gasteiger partial charge in [0.25, 0.3) is 0 Å². The van der Waals surface area contributed by atoms with Crippen molar-refractivity contribution in [2.45, 2.75) is 0 Å². The van der Waals surface area contributed by atoms with Crippen LogP contribution < -0.4 is 4.90 Å². The van der Waals surface area contributed by atoms with Crippen LogP contribution in [-0.4, -0.2) is 81.1 Å². The molecule has 0 bridgehead atoms. The summed E-state index contributed by atoms with van der Waals surface area (Å²) in [6.07, 6.45) is 5.42. The van der Waals surface area contributed by atoms with Gasteiger partial charge in [-0.25, -0.2) is 9.97 Å². The monoisotopic (exact) mass is 378 g/mol. The summed E-state index contributed by atoms with van der Waals surface area (Å²) in [4.78, 5) is 18.5. The van der Waals surface area contributed by atoms with Crippen molar-refractivity contribution in [2.24, 2.45) is 0 Å². The fourth-order valence-electron chi connectivity index (χ4n) is 3.61. The van der Waals surface area contributed by atoms with Gasteiger partial charge in [0.1, 0.15) is 11.8 Å². The van der Waals surface area contributed by atoms with E-state index in [4.69, 9.17) is 9.72 Å². The number of ether oxygens (including phenoxy) is 1. The summed E-state index contributed by atoms with van der Waals surface area (Å²) >= 11 is 0. The van der Waals surface area contributed by atoms with Gasteiger partial charge in [-0.3, -0.25) is 14.6 Å². The lowest BCUT2D eigenvalue weighted by Gasteiger charge is -2.34. The van der Waals surface area contributed by atoms with Gasteiger partial charge in [0.15, 0.2) is 5.65 Å². The highest BCUT2D eigenvalue weighted by molar-refractivity contribution is 5.81. The molecule has 9 heteroatoms. The first kappa shape index (κ1) is 17.1. The second kappa shape index (κ2) is 7.17. The predicted molar refractivity (Wildman–Crippen MR) is 107 cm³/mol. The summed E-state index contributed by atoms with van der Waals surface area (Å²) in [6.45, 7) is 5.52. The van der Waals surface area contributed by atoms with E-state index in [0.717, 1.165) is 73.0 Å². The third kappa shape index (κ3) is 3.08. The van der Waals surface area contributed by atoms with E-state index in [-0.39, 0.29) is 0 Å². The van der Waals surface area contributed by atoms with Crippen molar-refractivity contribution in [3.05, 3.63) is 36.9 Å². The zero-order chi connectivity index (χ0) is 18.9. The van der Waals surface area contributed by atoms with Crippen molar-refractivity contribution in [1.82, 2.24) is 34.6 Å². The number of aromatic amines is 1. The van der Waals surface area contributed by atoms with Crippen LogP contribution in [0.1, 0.15) is 0 Å². The van der Waals surface area contributed by atoms with Crippen LogP contribution in [0, 0.1) is 0 Å². The van der Waals surface area contributed by atoms with Gasteiger partial charge >= 0.3 is 0 Å². The number of nitrogens with one attached hydrogen (secondary N) is 1. The smallest absolute Gasteiger partial charge is 0.227 e. The van der Waals surface area contributed by atoms with Gasteiger partial charge in [-0.05, 0) is 18.2 Å². The average molecular weight is 378 g/mol. The molecule has 0 saturated carbocycles. The Balaban J connectivity index is 1.42. The standard InChI is InChI=1S/C19H22N8O/c1-28-9-8-25-4-6-26(7-5-25)19-20-12-17-18(23-19)27(13-21-17)15-3-2-14-11-22-24-16(14)10-15/h2-3,10-13H,4-9H2,1H3,(H,22,24). The number of methoxy groups -OCH3 is 1. The fourth-order valence-corrected chi connectivity index (χ4v) is 3.61. The summed E-state index contributed by atoms with van der Waals surface area (Å²) < 4.78 is 7.17. The lowest BCUT2D eigenvalue weighted by atomic mass is 10.2. The first-order chi connectivity index (χ1) is 13.8. The second-order valence-electron chi connectivity index (χ2n) is 6.96. The Morgan fingerprint density at radius 1 is 1.11 bits per heavy atom. The number of imidazole rings is 1. The number of nitrogens with zero attached hydrogens (tertiary/aromatic N) is 7. The van der Waals surface area contributed by atoms with E-state index in [1.807, 2.05) is 16.8 Å². The van der Waals surface area contributed by atoms with Crippen LogP contribution in [-0.2, 0) is 4.74 Å². The normalized spacial score (nSPS) is 15.7. The maximum atomic E-state index is 5.18. The summed E-state index contributed by atoms with van der Waals surface area (Å²) in [6, 6.07) is 6.15. The fraction of sp³-hybridized carbons (Fsp3) is 0.368. The van der Waals surface area contributed by atoms with Crippen LogP contribution in [0.25, 0.3) is 27.8 Å². The molecule has 0 unspecified atom stereocenters. The molecule has 0 aliphatic carbocycles. The van der Waals surface area contributed by atoms with Gasteiger partial charge in [-0.1, -0.05) is 0 Å². The molecular formula is C19H22N8O. The molecule has 0 radical (unpaired) electrons. The van der Waals surface area contributed by atoms with E-state index >= 15 is 0 Å². The minimum atomic E-state index is 0.753. The number of H-pyrrole nitrogens is 1. The van der Waals surface area contributed by atoms with Gasteiger partial charge in [-0.2, -0.15) is 10.1 Å². The third-order valence-electron chi connectivity index (χ3n) is 5.25. The number of anilines is 1. The molecule has 4 heterocycles. The maximum Gasteiger partial charge on any atom is 0.227 e. The number of aromatic nitrogens is 6. The van der Waals surface area contributed by atoms with Gasteiger partial charge in [-0.15, -0.1) is 0 Å². The van der Waals surface area contributed by atoms with Gasteiger partial charge in [0, 0.05) is 45.2 Å². The van der Waals surface area contributed by atoms with Gasteiger partial charge in [0.05, 0.1) is 30.2 Å². The van der Waals surface area contributed by atoms with Crippen LogP contribution in [0.2, 0.25) is 0 Å². The Hall–Kier alpha value is -3.04. The van der Waals surface area contributed by atoms with E-state index in [0.29, 0.717) is 0 Å². The maximum absolute atomic E-state index is 5.18. The Morgan fingerprint density at radius 3 is 2.86 bits per heavy atom. The highest BCUT2D eigenvalue weighted by Crippen LogP contribution is 2.22. The molecule has 1 aliphatic heterocycles. The van der Waals surface area contributed by atoms with Crippen molar-refractivity contribution >= 4 is 28.0 Å². The molecule has 3 aromatic heterocycles. The summed E-state index contributed by atoms with van der Waals surface area (Å²) in [5.41, 5.74) is 3.58. The van der Waals surface area contributed by atoms with Crippen molar-refractivity contribution in [1.29, 1.82) is 0 Å². The van der Waals surface area contributed by atoms with Crippen LogP contribution in [0.5, 0.6) is 0 Å². The van der Waals surface area contributed by atoms with Crippen LogP contribution in [0.15, 0.2) is 36.9 Å². The molecule has 0 spiro atoms. The molecule has 5 rings (SSSR count). The molecule has 9 nitrogen and oxygen atoms in total. The Morgan fingerprint density at radius 2 is 2.00 bits per heavy atom. The molecular weight excluding hydrogens is 356 g/mol. The zero-order valence-corrected chi connectivity index (χ0v) is 15.7. The first-order valence-corrected chi connectivity index (χ1v) is 9.42. The number of hydrogen-bond donors (Lipinski definition) is 1. The van der Waals surface area contributed by atoms with E-state index in [1.54, 1.807) is 19.6 Å². The Kier molecular flexibility index (Phi) is 4.38. The first-order valence-electron chi connectivity index (χ1n) is 9.42. The van der Waals surface area contributed by atoms with Crippen molar-refractivity contribution < 1.29 is 4.74 Å². The molecule has 1 aliphatic rings. The van der Waals surface area contributed by atoms with E-state index in [9.17, 15) is 0 Å². The number of benzene rings is 1. The largest absolute Gasteiger partial charge is 0.383 e. The SMILES string of the molecule is COCCN1CCN(c2ncc3ncn(-c4ccc5cn[nH]c5c4)c3n2)CC1. The van der Waals surface area contributed by atoms with Crippen LogP contribution in [0.3, 0.4) is 0 Å². The lowest BCUT2D eigenvalue weighted by Crippen LogP contribution is -2.47. The van der Waals surface area contributed by atoms with Crippen molar-refractivity contribution in [3.63, 3.8) is 0 Å². The highest BCUT2D eigenvalue weighted by Gasteiger charge is 2.20. The number of piperazine rings is 1. The van der Waals surface area contributed by atoms with E-state index in [2.05, 4.69) is 42.1 Å². The topological polar surface area (TPSA) is 88.0 Å². The molecule has 1 fully saturated rings. The van der Waals surface area contributed by atoms with E-state index < -0.39 is 0 Å². The zero-order valence-electron chi connectivity index (χ0n) is 15.7. The Bertz CT molecular complexity index is 1100. The van der Waals surface area contributed by atoms with Gasteiger partial charge < -0.3 is 9.64 Å². The molecule has 1 N–H and O–H groups in total. The molecule has 0 amide bonds. The minimum absolute atomic E-state index is 0.753. The predicted octanol–water partition coefficient (Wildman–Crippen LogP) is 1.46. The summed E-state index contributed by atoms with van der Waals surface area (Å²) in [5, 5.41) is 8.18. The van der Waals surface area contributed by atoms with Crippen LogP contribution in [0.4, 0.5) is 5.95 Å². The minimum Gasteiger partial charge on any atom is -0.383 e. The highest BCUT2D eigenvalue weighted by atomic mass is 16.5. The molecule has 1 aromatic carbocycles. The molecule has 144 valence electrons. The van der Waals surface area contributed by atoms with Gasteiger partial charge in [0.2, 0.25) is 5.95 Å². The summed E-state index contributed by atoms with van der Waals surface area (Å²) in [5.74, 6) is 0.753. The molecule has 1 saturated heterocycles. The quantitative estimate of drug-likeness (QED) is 0.562. The van der Waals surface area contributed by atoms with Crippen LogP contribution >= 0.6 is 0 Å². The molecule has 0 atom stereocenters. The third-order valence-corrected chi connectivity index (χ3v) is 5.25. The number of rotatable bonds is 5.